The third-order valence-electron chi connectivity index (χ3n) is 8.52. The number of Topliss-reactive ketones (excluding diaryl/α,β-unsaturated/α-hetero) is 1. The van der Waals surface area contributed by atoms with Gasteiger partial charge in [-0.05, 0) is 47.7 Å². The SMILES string of the molecule is COC(=O)Nc1cccc(COC(=O)CN2Cc3c(cccc3C(=O)CCCCCC(=O)N(Cc3ccccc3)Cc3ccccc3)N=C2N)c1. The molecule has 0 spiro atoms. The van der Waals surface area contributed by atoms with Crippen LogP contribution in [0.1, 0.15) is 64.7 Å². The first-order chi connectivity index (χ1) is 24.8. The van der Waals surface area contributed by atoms with Crippen LogP contribution < -0.4 is 11.1 Å². The Morgan fingerprint density at radius 2 is 1.45 bits per heavy atom. The fourth-order valence-electron chi connectivity index (χ4n) is 5.85. The van der Waals surface area contributed by atoms with E-state index in [0.717, 1.165) is 17.5 Å². The smallest absolute Gasteiger partial charge is 0.411 e. The molecule has 0 saturated carbocycles. The van der Waals surface area contributed by atoms with Crippen LogP contribution in [0.2, 0.25) is 0 Å². The van der Waals surface area contributed by atoms with E-state index in [1.54, 1.807) is 47.4 Å². The molecule has 1 aliphatic heterocycles. The third kappa shape index (κ3) is 10.8. The van der Waals surface area contributed by atoms with Gasteiger partial charge in [0.05, 0.1) is 12.8 Å². The Balaban J connectivity index is 1.10. The lowest BCUT2D eigenvalue weighted by atomic mass is 9.96. The summed E-state index contributed by atoms with van der Waals surface area (Å²) in [6, 6.07) is 32.2. The van der Waals surface area contributed by atoms with Crippen LogP contribution in [0, 0.1) is 0 Å². The van der Waals surface area contributed by atoms with Gasteiger partial charge >= 0.3 is 12.1 Å². The molecule has 264 valence electrons. The number of ether oxygens (including phenoxy) is 2. The molecule has 11 nitrogen and oxygen atoms in total. The van der Waals surface area contributed by atoms with Gasteiger partial charge in [0.2, 0.25) is 5.91 Å². The van der Waals surface area contributed by atoms with Gasteiger partial charge in [0, 0.05) is 49.3 Å². The molecule has 11 heteroatoms. The zero-order chi connectivity index (χ0) is 36.0. The normalized spacial score (nSPS) is 11.9. The van der Waals surface area contributed by atoms with E-state index in [1.807, 2.05) is 65.6 Å². The van der Waals surface area contributed by atoms with Gasteiger partial charge in [0.25, 0.3) is 0 Å². The first kappa shape index (κ1) is 36.3. The molecule has 5 rings (SSSR count). The van der Waals surface area contributed by atoms with Crippen molar-refractivity contribution in [3.8, 4) is 0 Å². The average Bonchev–Trinajstić information content (AvgIpc) is 3.14. The van der Waals surface area contributed by atoms with Crippen molar-refractivity contribution in [2.45, 2.75) is 58.3 Å². The van der Waals surface area contributed by atoms with Gasteiger partial charge in [-0.15, -0.1) is 0 Å². The number of anilines is 1. The molecular weight excluding hydrogens is 646 g/mol. The van der Waals surface area contributed by atoms with E-state index in [4.69, 9.17) is 10.5 Å². The Hall–Kier alpha value is -5.97. The molecule has 2 amide bonds. The number of amides is 2. The summed E-state index contributed by atoms with van der Waals surface area (Å²) in [5.41, 5.74) is 11.4. The largest absolute Gasteiger partial charge is 0.459 e. The highest BCUT2D eigenvalue weighted by atomic mass is 16.5. The average molecular weight is 690 g/mol. The van der Waals surface area contributed by atoms with E-state index >= 15 is 0 Å². The maximum Gasteiger partial charge on any atom is 0.411 e. The summed E-state index contributed by atoms with van der Waals surface area (Å²) < 4.78 is 10.1. The Labute approximate surface area is 298 Å². The van der Waals surface area contributed by atoms with E-state index in [9.17, 15) is 19.2 Å². The molecule has 0 aliphatic carbocycles. The monoisotopic (exact) mass is 689 g/mol. The van der Waals surface area contributed by atoms with Crippen LogP contribution in [-0.2, 0) is 45.3 Å². The highest BCUT2D eigenvalue weighted by molar-refractivity contribution is 6.00. The Bertz CT molecular complexity index is 1810. The predicted octanol–water partition coefficient (Wildman–Crippen LogP) is 6.73. The predicted molar refractivity (Wildman–Crippen MR) is 195 cm³/mol. The highest BCUT2D eigenvalue weighted by Gasteiger charge is 2.25. The highest BCUT2D eigenvalue weighted by Crippen LogP contribution is 2.30. The van der Waals surface area contributed by atoms with Gasteiger partial charge in [-0.2, -0.15) is 0 Å². The molecule has 0 fully saturated rings. The number of guanidine groups is 1. The molecule has 1 heterocycles. The number of aliphatic imine (C=N–C) groups is 1. The standard InChI is InChI=1S/C40H43N5O6/c1-50-40(49)42-32-18-11-17-31(23-32)28-51-38(48)27-45-26-34-33(19-12-20-35(34)43-39(45)41)36(46)21-9-4-10-22-37(47)44(24-29-13-5-2-6-14-29)25-30-15-7-3-8-16-30/h2-3,5-8,11-20,23H,4,9-10,21-22,24-28H2,1H3,(H2,41,43)(H,42,49). The van der Waals surface area contributed by atoms with Gasteiger partial charge < -0.3 is 25.0 Å². The first-order valence-electron chi connectivity index (χ1n) is 17.0. The molecule has 0 bridgehead atoms. The number of esters is 1. The van der Waals surface area contributed by atoms with Gasteiger partial charge in [0.15, 0.2) is 11.7 Å². The minimum Gasteiger partial charge on any atom is -0.459 e. The second kappa shape index (κ2) is 18.1. The minimum atomic E-state index is -0.602. The number of carbonyl (C=O) groups is 4. The zero-order valence-corrected chi connectivity index (χ0v) is 28.8. The van der Waals surface area contributed by atoms with Gasteiger partial charge in [-0.25, -0.2) is 9.79 Å². The molecule has 0 unspecified atom stereocenters. The summed E-state index contributed by atoms with van der Waals surface area (Å²) in [7, 11) is 1.27. The summed E-state index contributed by atoms with van der Waals surface area (Å²) >= 11 is 0. The fourth-order valence-corrected chi connectivity index (χ4v) is 5.85. The van der Waals surface area contributed by atoms with Crippen LogP contribution in [0.15, 0.2) is 108 Å². The number of nitrogens with one attached hydrogen (secondary N) is 1. The lowest BCUT2D eigenvalue weighted by Crippen LogP contribution is -2.42. The van der Waals surface area contributed by atoms with Crippen LogP contribution in [0.4, 0.5) is 16.2 Å². The topological polar surface area (TPSA) is 144 Å². The van der Waals surface area contributed by atoms with Crippen molar-refractivity contribution in [3.05, 3.63) is 131 Å². The number of methoxy groups -OCH3 is 1. The Morgan fingerprint density at radius 1 is 0.804 bits per heavy atom. The summed E-state index contributed by atoms with van der Waals surface area (Å²) in [6.45, 7) is 1.14. The van der Waals surface area contributed by atoms with Crippen molar-refractivity contribution in [3.63, 3.8) is 0 Å². The second-order valence-electron chi connectivity index (χ2n) is 12.3. The lowest BCUT2D eigenvalue weighted by Gasteiger charge is -2.28. The summed E-state index contributed by atoms with van der Waals surface area (Å²) in [6.07, 6.45) is 2.20. The quantitative estimate of drug-likeness (QED) is 0.0749. The number of hydrogen-bond acceptors (Lipinski definition) is 9. The number of nitrogens with zero attached hydrogens (tertiary/aromatic N) is 3. The van der Waals surface area contributed by atoms with Crippen LogP contribution in [0.25, 0.3) is 0 Å². The molecule has 3 N–H and O–H groups in total. The molecule has 4 aromatic rings. The van der Waals surface area contributed by atoms with E-state index in [0.29, 0.717) is 66.8 Å². The number of hydrogen-bond donors (Lipinski definition) is 2. The molecule has 0 aromatic heterocycles. The second-order valence-corrected chi connectivity index (χ2v) is 12.3. The van der Waals surface area contributed by atoms with Crippen LogP contribution in [0.5, 0.6) is 0 Å². The van der Waals surface area contributed by atoms with Crippen molar-refractivity contribution >= 4 is 41.1 Å². The van der Waals surface area contributed by atoms with Gasteiger partial charge in [0.1, 0.15) is 13.2 Å². The maximum absolute atomic E-state index is 13.4. The molecule has 1 aliphatic rings. The van der Waals surface area contributed by atoms with Crippen molar-refractivity contribution in [1.29, 1.82) is 0 Å². The minimum absolute atomic E-state index is 0.00951. The maximum atomic E-state index is 13.4. The van der Waals surface area contributed by atoms with Crippen LogP contribution in [-0.4, -0.2) is 53.2 Å². The first-order valence-corrected chi connectivity index (χ1v) is 17.0. The van der Waals surface area contributed by atoms with E-state index in [2.05, 4.69) is 15.0 Å². The molecule has 0 radical (unpaired) electrons. The van der Waals surface area contributed by atoms with Crippen molar-refractivity contribution in [2.75, 3.05) is 19.0 Å². The van der Waals surface area contributed by atoms with Crippen molar-refractivity contribution in [2.24, 2.45) is 10.7 Å². The number of benzene rings is 4. The Kier molecular flexibility index (Phi) is 12.9. The molecule has 0 saturated heterocycles. The number of carbonyl (C=O) groups excluding carboxylic acids is 4. The molecule has 4 aromatic carbocycles. The summed E-state index contributed by atoms with van der Waals surface area (Å²) in [5.74, 6) is -0.296. The molecule has 51 heavy (non-hydrogen) atoms. The number of unbranched alkanes of at least 4 members (excludes halogenated alkanes) is 2. The summed E-state index contributed by atoms with van der Waals surface area (Å²) in [5, 5.41) is 2.57. The van der Waals surface area contributed by atoms with Gasteiger partial charge in [-0.1, -0.05) is 91.3 Å². The number of rotatable bonds is 16. The fraction of sp³-hybridized carbons (Fsp3) is 0.275. The number of fused-ring (bicyclic) bond motifs is 1. The van der Waals surface area contributed by atoms with Crippen LogP contribution >= 0.6 is 0 Å². The van der Waals surface area contributed by atoms with E-state index in [-0.39, 0.29) is 37.3 Å². The summed E-state index contributed by atoms with van der Waals surface area (Å²) in [4.78, 5) is 59.0. The zero-order valence-electron chi connectivity index (χ0n) is 28.8. The van der Waals surface area contributed by atoms with Gasteiger partial charge in [-0.3, -0.25) is 19.7 Å². The Morgan fingerprint density at radius 3 is 2.14 bits per heavy atom. The van der Waals surface area contributed by atoms with Crippen molar-refractivity contribution < 1.29 is 28.7 Å². The number of nitrogens with two attached hydrogens (primary N) is 1. The van der Waals surface area contributed by atoms with E-state index in [1.165, 1.54) is 7.11 Å². The molecular formula is C40H43N5O6. The molecule has 0 atom stereocenters. The lowest BCUT2D eigenvalue weighted by molar-refractivity contribution is -0.145. The third-order valence-corrected chi connectivity index (χ3v) is 8.52. The van der Waals surface area contributed by atoms with Crippen LogP contribution in [0.3, 0.4) is 0 Å². The van der Waals surface area contributed by atoms with Crippen molar-refractivity contribution in [1.82, 2.24) is 9.80 Å². The van der Waals surface area contributed by atoms with E-state index < -0.39 is 12.1 Å². The number of ketones is 1.